The minimum Gasteiger partial charge on any atom is -0.264 e. The Balaban J connectivity index is 1.68. The van der Waals surface area contributed by atoms with Crippen molar-refractivity contribution in [3.05, 3.63) is 71.8 Å². The van der Waals surface area contributed by atoms with Gasteiger partial charge in [0.1, 0.15) is 6.61 Å². The monoisotopic (exact) mass is 264 g/mol. The summed E-state index contributed by atoms with van der Waals surface area (Å²) in [6.07, 6.45) is 8.25. The Hall–Kier alpha value is -2.30. The average Bonchev–Trinajstić information content (AvgIpc) is 3.02. The lowest BCUT2D eigenvalue weighted by Gasteiger charge is -2.24. The largest absolute Gasteiger partial charge is 0.264 e. The van der Waals surface area contributed by atoms with Gasteiger partial charge in [-0.05, 0) is 6.07 Å². The van der Waals surface area contributed by atoms with Crippen molar-refractivity contribution in [3.8, 4) is 0 Å². The molecule has 0 saturated carbocycles. The lowest BCUT2D eigenvalue weighted by molar-refractivity contribution is -0.0667. The van der Waals surface area contributed by atoms with E-state index in [4.69, 9.17) is 4.84 Å². The standard InChI is InChI=1S/C16H14N3O/c1-2-6-16-14(5-1)8-15-10-18-12-19(15,16)20-11-13-4-3-7-17-9-13/h1-7,9-10,12H,8,11H2/q+1. The topological polar surface area (TPSA) is 34.5 Å². The van der Waals surface area contributed by atoms with E-state index in [-0.39, 0.29) is 0 Å². The highest BCUT2D eigenvalue weighted by Crippen LogP contribution is 2.42. The molecule has 0 bridgehead atoms. The van der Waals surface area contributed by atoms with Gasteiger partial charge in [-0.3, -0.25) is 4.98 Å². The maximum absolute atomic E-state index is 6.21. The molecule has 4 rings (SSSR count). The average molecular weight is 264 g/mol. The maximum atomic E-state index is 6.21. The molecule has 0 N–H and O–H groups in total. The number of benzene rings is 1. The molecule has 20 heavy (non-hydrogen) atoms. The predicted octanol–water partition coefficient (Wildman–Crippen LogP) is 2.96. The highest BCUT2D eigenvalue weighted by Gasteiger charge is 2.47. The van der Waals surface area contributed by atoms with Crippen molar-refractivity contribution in [3.63, 3.8) is 0 Å². The Morgan fingerprint density at radius 2 is 2.10 bits per heavy atom. The number of para-hydroxylation sites is 1. The molecule has 1 aromatic carbocycles. The van der Waals surface area contributed by atoms with Gasteiger partial charge in [0.05, 0.1) is 12.6 Å². The SMILES string of the molecule is C1=NC=C2Cc3ccccc3[N+]12OCc1cccnc1. The fraction of sp³-hybridized carbons (Fsp3) is 0.125. The van der Waals surface area contributed by atoms with Crippen LogP contribution in [0.5, 0.6) is 0 Å². The molecule has 3 heterocycles. The summed E-state index contributed by atoms with van der Waals surface area (Å²) in [6.45, 7) is 0.505. The Kier molecular flexibility index (Phi) is 2.52. The van der Waals surface area contributed by atoms with E-state index < -0.39 is 0 Å². The number of fused-ring (bicyclic) bond motifs is 3. The third-order valence-corrected chi connectivity index (χ3v) is 3.76. The van der Waals surface area contributed by atoms with Crippen LogP contribution in [0.2, 0.25) is 0 Å². The van der Waals surface area contributed by atoms with Crippen molar-refractivity contribution >= 4 is 12.0 Å². The summed E-state index contributed by atoms with van der Waals surface area (Å²) in [5, 5.41) is 0. The fourth-order valence-corrected chi connectivity index (χ4v) is 2.78. The molecule has 0 radical (unpaired) electrons. The summed E-state index contributed by atoms with van der Waals surface area (Å²) < 4.78 is 0.297. The lowest BCUT2D eigenvalue weighted by atomic mass is 10.1. The van der Waals surface area contributed by atoms with Gasteiger partial charge in [0.2, 0.25) is 6.34 Å². The molecule has 0 aliphatic carbocycles. The summed E-state index contributed by atoms with van der Waals surface area (Å²) in [7, 11) is 0. The van der Waals surface area contributed by atoms with Gasteiger partial charge in [0.25, 0.3) is 0 Å². The maximum Gasteiger partial charge on any atom is 0.233 e. The number of hydrogen-bond acceptors (Lipinski definition) is 3. The van der Waals surface area contributed by atoms with E-state index in [9.17, 15) is 0 Å². The molecule has 2 aliphatic rings. The third kappa shape index (κ3) is 1.62. The first kappa shape index (κ1) is 11.5. The van der Waals surface area contributed by atoms with Crippen LogP contribution in [-0.2, 0) is 17.9 Å². The van der Waals surface area contributed by atoms with E-state index in [2.05, 4.69) is 28.2 Å². The van der Waals surface area contributed by atoms with Crippen LogP contribution in [0.15, 0.2) is 65.7 Å². The van der Waals surface area contributed by atoms with E-state index in [1.54, 1.807) is 6.20 Å². The highest BCUT2D eigenvalue weighted by molar-refractivity contribution is 5.83. The predicted molar refractivity (Wildman–Crippen MR) is 77.5 cm³/mol. The summed E-state index contributed by atoms with van der Waals surface area (Å²) in [5.41, 5.74) is 4.68. The first-order valence-corrected chi connectivity index (χ1v) is 6.63. The molecule has 1 unspecified atom stereocenters. The zero-order valence-electron chi connectivity index (χ0n) is 10.9. The van der Waals surface area contributed by atoms with E-state index in [1.807, 2.05) is 36.9 Å². The van der Waals surface area contributed by atoms with Gasteiger partial charge in [0, 0.05) is 29.6 Å². The Bertz CT molecular complexity index is 709. The van der Waals surface area contributed by atoms with Crippen molar-refractivity contribution in [2.75, 3.05) is 0 Å². The Morgan fingerprint density at radius 1 is 1.15 bits per heavy atom. The van der Waals surface area contributed by atoms with Crippen molar-refractivity contribution in [2.24, 2.45) is 4.99 Å². The number of allylic oxidation sites excluding steroid dienone is 1. The molecule has 2 aliphatic heterocycles. The van der Waals surface area contributed by atoms with Gasteiger partial charge >= 0.3 is 0 Å². The van der Waals surface area contributed by atoms with Gasteiger partial charge in [-0.1, -0.05) is 28.9 Å². The minimum atomic E-state index is 0.297. The molecule has 4 heteroatoms. The summed E-state index contributed by atoms with van der Waals surface area (Å²) in [5.74, 6) is 0. The number of pyridine rings is 1. The molecule has 0 saturated heterocycles. The molecular formula is C16H14N3O+. The Labute approximate surface area is 117 Å². The van der Waals surface area contributed by atoms with Crippen molar-refractivity contribution in [2.45, 2.75) is 13.0 Å². The highest BCUT2D eigenvalue weighted by atomic mass is 16.7. The minimum absolute atomic E-state index is 0.297. The first-order valence-electron chi connectivity index (χ1n) is 6.63. The second kappa shape index (κ2) is 4.37. The van der Waals surface area contributed by atoms with Crippen molar-refractivity contribution < 1.29 is 4.84 Å². The van der Waals surface area contributed by atoms with E-state index >= 15 is 0 Å². The van der Waals surface area contributed by atoms with Gasteiger partial charge in [0.15, 0.2) is 11.4 Å². The first-order chi connectivity index (χ1) is 9.88. The Morgan fingerprint density at radius 3 is 3.00 bits per heavy atom. The van der Waals surface area contributed by atoms with Crippen molar-refractivity contribution in [1.29, 1.82) is 0 Å². The number of hydrogen-bond donors (Lipinski definition) is 0. The molecule has 0 amide bonds. The lowest BCUT2D eigenvalue weighted by Crippen LogP contribution is -2.42. The van der Waals surface area contributed by atoms with Crippen LogP contribution < -0.4 is 4.65 Å². The molecule has 1 atom stereocenters. The molecule has 1 aromatic heterocycles. The summed E-state index contributed by atoms with van der Waals surface area (Å²) in [4.78, 5) is 14.6. The number of nitrogens with zero attached hydrogens (tertiary/aromatic N) is 3. The van der Waals surface area contributed by atoms with Crippen LogP contribution in [-0.4, -0.2) is 11.3 Å². The van der Waals surface area contributed by atoms with Crippen LogP contribution in [0.4, 0.5) is 5.69 Å². The number of rotatable bonds is 3. The normalized spacial score (nSPS) is 22.5. The van der Waals surface area contributed by atoms with Crippen LogP contribution >= 0.6 is 0 Å². The van der Waals surface area contributed by atoms with Gasteiger partial charge in [-0.2, -0.15) is 4.84 Å². The summed E-state index contributed by atoms with van der Waals surface area (Å²) >= 11 is 0. The van der Waals surface area contributed by atoms with E-state index in [0.29, 0.717) is 11.3 Å². The quantitative estimate of drug-likeness (QED) is 0.799. The summed E-state index contributed by atoms with van der Waals surface area (Å²) in [6, 6.07) is 12.3. The second-order valence-corrected chi connectivity index (χ2v) is 4.98. The number of aliphatic imine (C=N–C) groups is 1. The van der Waals surface area contributed by atoms with Crippen molar-refractivity contribution in [1.82, 2.24) is 9.63 Å². The van der Waals surface area contributed by atoms with Crippen LogP contribution in [0.25, 0.3) is 0 Å². The number of hydroxylamine groups is 2. The number of quaternary nitrogens is 1. The molecule has 2 aromatic rings. The third-order valence-electron chi connectivity index (χ3n) is 3.76. The van der Waals surface area contributed by atoms with Crippen LogP contribution in [0.3, 0.4) is 0 Å². The van der Waals surface area contributed by atoms with Crippen LogP contribution in [0.1, 0.15) is 11.1 Å². The zero-order valence-corrected chi connectivity index (χ0v) is 10.9. The van der Waals surface area contributed by atoms with Crippen LogP contribution in [0, 0.1) is 0 Å². The molecule has 98 valence electrons. The molecule has 0 fully saturated rings. The smallest absolute Gasteiger partial charge is 0.233 e. The molecular weight excluding hydrogens is 250 g/mol. The van der Waals surface area contributed by atoms with Gasteiger partial charge < -0.3 is 0 Å². The number of aromatic nitrogens is 1. The second-order valence-electron chi connectivity index (χ2n) is 4.98. The van der Waals surface area contributed by atoms with E-state index in [0.717, 1.165) is 23.4 Å². The zero-order chi connectivity index (χ0) is 13.4. The fourth-order valence-electron chi connectivity index (χ4n) is 2.78. The van der Waals surface area contributed by atoms with Gasteiger partial charge in [-0.25, -0.2) is 4.99 Å². The van der Waals surface area contributed by atoms with E-state index in [1.165, 1.54) is 5.56 Å². The van der Waals surface area contributed by atoms with Gasteiger partial charge in [-0.15, -0.1) is 0 Å². The molecule has 4 nitrogen and oxygen atoms in total. The molecule has 0 spiro atoms.